The zero-order valence-electron chi connectivity index (χ0n) is 8.21. The Morgan fingerprint density at radius 3 is 2.60 bits per heavy atom. The van der Waals surface area contributed by atoms with E-state index in [2.05, 4.69) is 0 Å². The second-order valence-corrected chi connectivity index (χ2v) is 3.30. The lowest BCUT2D eigenvalue weighted by atomic mass is 10.1. The van der Waals surface area contributed by atoms with E-state index in [1.54, 1.807) is 6.92 Å². The van der Waals surface area contributed by atoms with Gasteiger partial charge in [-0.1, -0.05) is 0 Å². The fraction of sp³-hybridized carbons (Fsp3) is 0.444. The first-order valence-electron chi connectivity index (χ1n) is 4.45. The maximum absolute atomic E-state index is 10.3. The molecule has 0 saturated heterocycles. The average molecular weight is 215 g/mol. The maximum atomic E-state index is 10.3. The number of hydrogen-bond acceptors (Lipinski definition) is 5. The van der Waals surface area contributed by atoms with Crippen molar-refractivity contribution in [3.05, 3.63) is 23.5 Å². The zero-order chi connectivity index (χ0) is 11.6. The Balaban J connectivity index is 2.78. The van der Waals surface area contributed by atoms with Gasteiger partial charge in [-0.2, -0.15) is 0 Å². The minimum Gasteiger partial charge on any atom is -0.504 e. The van der Waals surface area contributed by atoms with Crippen molar-refractivity contribution < 1.29 is 25.2 Å². The number of aliphatic hydroxyl groups excluding tert-OH is 3. The van der Waals surface area contributed by atoms with Crippen LogP contribution in [0.4, 0.5) is 0 Å². The minimum absolute atomic E-state index is 0.0656. The highest BCUT2D eigenvalue weighted by molar-refractivity contribution is 5.66. The van der Waals surface area contributed by atoms with E-state index >= 15 is 0 Å². The van der Waals surface area contributed by atoms with Gasteiger partial charge >= 0.3 is 5.97 Å². The van der Waals surface area contributed by atoms with E-state index in [-0.39, 0.29) is 19.0 Å². The van der Waals surface area contributed by atoms with Crippen molar-refractivity contribution in [3.8, 4) is 0 Å². The Morgan fingerprint density at radius 2 is 2.07 bits per heavy atom. The number of aliphatic hydroxyl groups is 3. The normalized spacial score (nSPS) is 21.5. The molecule has 0 amide bonds. The molecule has 0 aromatic rings. The van der Waals surface area contributed by atoms with Gasteiger partial charge in [0.1, 0.15) is 0 Å². The number of nitrogens with zero attached hydrogens (tertiary/aromatic N) is 1. The number of carboxylic acid groups (broad SMARTS) is 1. The summed E-state index contributed by atoms with van der Waals surface area (Å²) in [6, 6.07) is -0.361. The Hall–Kier alpha value is -1.85. The minimum atomic E-state index is -0.992. The van der Waals surface area contributed by atoms with Gasteiger partial charge in [0.15, 0.2) is 5.76 Å². The van der Waals surface area contributed by atoms with Crippen molar-refractivity contribution in [1.82, 2.24) is 4.90 Å². The molecule has 0 saturated carbocycles. The second-order valence-electron chi connectivity index (χ2n) is 3.30. The van der Waals surface area contributed by atoms with E-state index in [0.717, 1.165) is 0 Å². The van der Waals surface area contributed by atoms with Gasteiger partial charge in [0.2, 0.25) is 11.6 Å². The molecule has 0 aromatic carbocycles. The topological polar surface area (TPSA) is 101 Å². The molecule has 1 heterocycles. The van der Waals surface area contributed by atoms with Crippen LogP contribution in [-0.2, 0) is 4.79 Å². The van der Waals surface area contributed by atoms with Gasteiger partial charge in [0.05, 0.1) is 12.5 Å². The summed E-state index contributed by atoms with van der Waals surface area (Å²) in [6.07, 6.45) is 1.17. The quantitative estimate of drug-likeness (QED) is 0.557. The van der Waals surface area contributed by atoms with Gasteiger partial charge < -0.3 is 25.3 Å². The molecule has 0 radical (unpaired) electrons. The molecule has 84 valence electrons. The first-order chi connectivity index (χ1) is 6.93. The molecule has 0 unspecified atom stereocenters. The van der Waals surface area contributed by atoms with Crippen LogP contribution >= 0.6 is 0 Å². The van der Waals surface area contributed by atoms with Gasteiger partial charge in [-0.3, -0.25) is 4.79 Å². The molecule has 0 bridgehead atoms. The van der Waals surface area contributed by atoms with Gasteiger partial charge in [-0.05, 0) is 13.0 Å². The monoisotopic (exact) mass is 215 g/mol. The Bertz CT molecular complexity index is 333. The summed E-state index contributed by atoms with van der Waals surface area (Å²) in [6.45, 7) is 1.73. The molecule has 0 spiro atoms. The number of hydrogen-bond donors (Lipinski definition) is 4. The van der Waals surface area contributed by atoms with E-state index in [9.17, 15) is 15.0 Å². The Morgan fingerprint density at radius 1 is 1.47 bits per heavy atom. The average Bonchev–Trinajstić information content (AvgIpc) is 2.14. The lowest BCUT2D eigenvalue weighted by Crippen LogP contribution is -2.36. The molecule has 1 aliphatic rings. The summed E-state index contributed by atoms with van der Waals surface area (Å²) in [4.78, 5) is 11.6. The summed E-state index contributed by atoms with van der Waals surface area (Å²) in [5, 5.41) is 36.3. The van der Waals surface area contributed by atoms with E-state index in [1.807, 2.05) is 0 Å². The van der Waals surface area contributed by atoms with E-state index in [1.165, 1.54) is 11.0 Å². The first-order valence-corrected chi connectivity index (χ1v) is 4.45. The molecule has 4 N–H and O–H groups in total. The molecular weight excluding hydrogens is 202 g/mol. The second kappa shape index (κ2) is 4.12. The van der Waals surface area contributed by atoms with Gasteiger partial charge in [-0.25, -0.2) is 0 Å². The van der Waals surface area contributed by atoms with Crippen LogP contribution in [0.1, 0.15) is 13.3 Å². The van der Waals surface area contributed by atoms with Crippen LogP contribution in [0.2, 0.25) is 0 Å². The Labute approximate surface area is 86.4 Å². The molecule has 0 aliphatic carbocycles. The van der Waals surface area contributed by atoms with Crippen molar-refractivity contribution >= 4 is 5.97 Å². The molecular formula is C9H13NO5. The van der Waals surface area contributed by atoms with Crippen LogP contribution in [0.3, 0.4) is 0 Å². The summed E-state index contributed by atoms with van der Waals surface area (Å²) >= 11 is 0. The molecule has 1 rings (SSSR count). The van der Waals surface area contributed by atoms with Crippen LogP contribution in [0, 0.1) is 0 Å². The summed E-state index contributed by atoms with van der Waals surface area (Å²) in [5.74, 6) is -2.51. The molecule has 15 heavy (non-hydrogen) atoms. The number of rotatable bonds is 3. The van der Waals surface area contributed by atoms with Crippen LogP contribution in [0.25, 0.3) is 0 Å². The van der Waals surface area contributed by atoms with E-state index < -0.39 is 23.4 Å². The van der Waals surface area contributed by atoms with E-state index in [4.69, 9.17) is 10.2 Å². The lowest BCUT2D eigenvalue weighted by Gasteiger charge is -2.31. The van der Waals surface area contributed by atoms with Gasteiger partial charge in [-0.15, -0.1) is 0 Å². The summed E-state index contributed by atoms with van der Waals surface area (Å²) < 4.78 is 0. The first kappa shape index (κ1) is 11.2. The third kappa shape index (κ3) is 2.34. The summed E-state index contributed by atoms with van der Waals surface area (Å²) in [7, 11) is 0. The van der Waals surface area contributed by atoms with Gasteiger partial charge in [0, 0.05) is 6.54 Å². The predicted molar refractivity (Wildman–Crippen MR) is 51.4 cm³/mol. The molecule has 1 atom stereocenters. The van der Waals surface area contributed by atoms with Gasteiger partial charge in [0.25, 0.3) is 0 Å². The fourth-order valence-corrected chi connectivity index (χ4v) is 1.37. The molecule has 6 heteroatoms. The SMILES string of the molecule is C[C@H]1C=C(O)C(O)=C(O)N1CCC(=O)O. The molecule has 0 aromatic heterocycles. The highest BCUT2D eigenvalue weighted by atomic mass is 16.4. The number of carboxylic acids is 1. The van der Waals surface area contributed by atoms with Crippen LogP contribution < -0.4 is 0 Å². The van der Waals surface area contributed by atoms with Crippen molar-refractivity contribution in [2.75, 3.05) is 6.54 Å². The smallest absolute Gasteiger partial charge is 0.305 e. The fourth-order valence-electron chi connectivity index (χ4n) is 1.37. The van der Waals surface area contributed by atoms with Crippen LogP contribution in [-0.4, -0.2) is 43.9 Å². The molecule has 6 nitrogen and oxygen atoms in total. The molecule has 1 aliphatic heterocycles. The van der Waals surface area contributed by atoms with Crippen molar-refractivity contribution in [1.29, 1.82) is 0 Å². The highest BCUT2D eigenvalue weighted by Crippen LogP contribution is 2.22. The maximum Gasteiger partial charge on any atom is 0.305 e. The lowest BCUT2D eigenvalue weighted by molar-refractivity contribution is -0.137. The van der Waals surface area contributed by atoms with Crippen molar-refractivity contribution in [2.45, 2.75) is 19.4 Å². The number of carbonyl (C=O) groups is 1. The van der Waals surface area contributed by atoms with Crippen LogP contribution in [0.15, 0.2) is 23.5 Å². The standard InChI is InChI=1S/C9H13NO5/c1-5-4-6(11)8(14)9(15)10(5)3-2-7(12)13/h4-5,11,14-15H,2-3H2,1H3,(H,12,13)/t5-/m0/s1. The third-order valence-electron chi connectivity index (χ3n) is 2.18. The zero-order valence-corrected chi connectivity index (χ0v) is 8.21. The summed E-state index contributed by atoms with van der Waals surface area (Å²) in [5.41, 5.74) is 0. The predicted octanol–water partition coefficient (Wildman–Crippen LogP) is 0.892. The largest absolute Gasteiger partial charge is 0.504 e. The highest BCUT2D eigenvalue weighted by Gasteiger charge is 2.26. The third-order valence-corrected chi connectivity index (χ3v) is 2.18. The van der Waals surface area contributed by atoms with Crippen LogP contribution in [0.5, 0.6) is 0 Å². The van der Waals surface area contributed by atoms with Crippen molar-refractivity contribution in [3.63, 3.8) is 0 Å². The molecule has 0 fully saturated rings. The number of aliphatic carboxylic acids is 1. The Kier molecular flexibility index (Phi) is 3.08. The van der Waals surface area contributed by atoms with Crippen molar-refractivity contribution in [2.24, 2.45) is 0 Å². The van der Waals surface area contributed by atoms with E-state index in [0.29, 0.717) is 0 Å².